The molecule has 0 spiro atoms. The topological polar surface area (TPSA) is 68.6 Å². The summed E-state index contributed by atoms with van der Waals surface area (Å²) >= 11 is 3.27. The predicted octanol–water partition coefficient (Wildman–Crippen LogP) is 1.85. The van der Waals surface area contributed by atoms with Gasteiger partial charge in [0, 0.05) is 29.3 Å². The monoisotopic (exact) mass is 376 g/mol. The van der Waals surface area contributed by atoms with E-state index in [1.165, 1.54) is 15.5 Å². The molecule has 0 saturated carbocycles. The van der Waals surface area contributed by atoms with Gasteiger partial charge in [0.15, 0.2) is 12.4 Å². The summed E-state index contributed by atoms with van der Waals surface area (Å²) in [5, 5.41) is 0. The Morgan fingerprint density at radius 2 is 2.04 bits per heavy atom. The van der Waals surface area contributed by atoms with Gasteiger partial charge in [-0.2, -0.15) is 0 Å². The lowest BCUT2D eigenvalue weighted by molar-refractivity contribution is -0.120. The van der Waals surface area contributed by atoms with Crippen LogP contribution < -0.4 is 15.2 Å². The third-order valence-electron chi connectivity index (χ3n) is 3.63. The Balaban J connectivity index is 1.90. The fourth-order valence-electron chi connectivity index (χ4n) is 2.32. The molecule has 0 radical (unpaired) electrons. The average molecular weight is 377 g/mol. The summed E-state index contributed by atoms with van der Waals surface area (Å²) in [5.74, 6) is 0.160. The smallest absolute Gasteiger partial charge is 0.264 e. The number of rotatable bonds is 3. The van der Waals surface area contributed by atoms with E-state index >= 15 is 0 Å². The number of fused-ring (bicyclic) bond motifs is 1. The van der Waals surface area contributed by atoms with Crippen LogP contribution in [-0.2, 0) is 11.3 Å². The van der Waals surface area contributed by atoms with Gasteiger partial charge in [-0.05, 0) is 40.2 Å². The molecular formula is C16H13BrN2O4. The molecule has 0 atom stereocenters. The zero-order valence-electron chi connectivity index (χ0n) is 12.3. The van der Waals surface area contributed by atoms with Gasteiger partial charge in [0.1, 0.15) is 5.75 Å². The number of hydrogen-bond donors (Lipinski definition) is 0. The standard InChI is InChI=1S/C16H13BrN2O4/c1-18-12-6-10(2-4-14(12)23-9-16(18)22)13(20)8-19-7-11(17)3-5-15(19)21/h2-7H,8-9H2,1H3. The third-order valence-corrected chi connectivity index (χ3v) is 4.10. The molecule has 1 aliphatic heterocycles. The number of benzene rings is 1. The van der Waals surface area contributed by atoms with Crippen molar-refractivity contribution in [2.75, 3.05) is 18.6 Å². The molecule has 7 heteroatoms. The number of carbonyl (C=O) groups excluding carboxylic acids is 2. The molecule has 0 aliphatic carbocycles. The summed E-state index contributed by atoms with van der Waals surface area (Å²) in [6.07, 6.45) is 1.57. The van der Waals surface area contributed by atoms with Crippen molar-refractivity contribution >= 4 is 33.3 Å². The van der Waals surface area contributed by atoms with Crippen LogP contribution in [0.2, 0.25) is 0 Å². The van der Waals surface area contributed by atoms with Crippen molar-refractivity contribution in [1.29, 1.82) is 0 Å². The van der Waals surface area contributed by atoms with E-state index in [4.69, 9.17) is 4.74 Å². The van der Waals surface area contributed by atoms with Gasteiger partial charge in [-0.25, -0.2) is 0 Å². The zero-order chi connectivity index (χ0) is 16.6. The molecule has 0 fully saturated rings. The quantitative estimate of drug-likeness (QED) is 0.766. The molecule has 6 nitrogen and oxygen atoms in total. The molecule has 2 aromatic rings. The van der Waals surface area contributed by atoms with Crippen LogP contribution in [0.3, 0.4) is 0 Å². The first-order chi connectivity index (χ1) is 11.0. The maximum atomic E-state index is 12.4. The van der Waals surface area contributed by atoms with Crippen LogP contribution in [0.15, 0.2) is 45.8 Å². The Morgan fingerprint density at radius 3 is 2.83 bits per heavy atom. The number of Topliss-reactive ketones (excluding diaryl/α,β-unsaturated/α-hetero) is 1. The van der Waals surface area contributed by atoms with Gasteiger partial charge in [0.2, 0.25) is 0 Å². The van der Waals surface area contributed by atoms with Gasteiger partial charge in [0.05, 0.1) is 12.2 Å². The minimum Gasteiger partial charge on any atom is -0.482 e. The van der Waals surface area contributed by atoms with Gasteiger partial charge in [-0.3, -0.25) is 14.4 Å². The molecule has 23 heavy (non-hydrogen) atoms. The van der Waals surface area contributed by atoms with E-state index in [1.54, 1.807) is 37.5 Å². The molecule has 0 saturated heterocycles. The Kier molecular flexibility index (Phi) is 4.04. The van der Waals surface area contributed by atoms with Crippen molar-refractivity contribution < 1.29 is 14.3 Å². The fraction of sp³-hybridized carbons (Fsp3) is 0.188. The van der Waals surface area contributed by atoms with Gasteiger partial charge >= 0.3 is 0 Å². The third kappa shape index (κ3) is 3.05. The van der Waals surface area contributed by atoms with E-state index in [0.717, 1.165) is 0 Å². The van der Waals surface area contributed by atoms with Gasteiger partial charge in [-0.15, -0.1) is 0 Å². The predicted molar refractivity (Wildman–Crippen MR) is 88.1 cm³/mol. The number of aromatic nitrogens is 1. The molecule has 1 aromatic carbocycles. The number of ether oxygens (including phenoxy) is 1. The maximum absolute atomic E-state index is 12.4. The largest absolute Gasteiger partial charge is 0.482 e. The summed E-state index contributed by atoms with van der Waals surface area (Å²) < 4.78 is 7.38. The molecule has 1 aliphatic rings. The second kappa shape index (κ2) is 6.00. The lowest BCUT2D eigenvalue weighted by Crippen LogP contribution is -2.35. The van der Waals surface area contributed by atoms with Crippen LogP contribution >= 0.6 is 15.9 Å². The molecule has 1 aromatic heterocycles. The number of amides is 1. The molecule has 1 amide bonds. The van der Waals surface area contributed by atoms with E-state index in [9.17, 15) is 14.4 Å². The Hall–Kier alpha value is -2.41. The molecule has 118 valence electrons. The summed E-state index contributed by atoms with van der Waals surface area (Å²) in [7, 11) is 1.64. The number of carbonyl (C=O) groups is 2. The molecule has 0 unspecified atom stereocenters. The van der Waals surface area contributed by atoms with E-state index in [1.807, 2.05) is 0 Å². The van der Waals surface area contributed by atoms with Crippen molar-refractivity contribution in [3.8, 4) is 5.75 Å². The highest BCUT2D eigenvalue weighted by atomic mass is 79.9. The summed E-state index contributed by atoms with van der Waals surface area (Å²) in [6, 6.07) is 7.92. The highest BCUT2D eigenvalue weighted by molar-refractivity contribution is 9.10. The molecular weight excluding hydrogens is 364 g/mol. The van der Waals surface area contributed by atoms with Crippen molar-refractivity contribution in [3.05, 3.63) is 56.9 Å². The lowest BCUT2D eigenvalue weighted by Gasteiger charge is -2.26. The van der Waals surface area contributed by atoms with Crippen molar-refractivity contribution in [3.63, 3.8) is 0 Å². The van der Waals surface area contributed by atoms with Crippen LogP contribution in [0, 0.1) is 0 Å². The van der Waals surface area contributed by atoms with E-state index in [2.05, 4.69) is 15.9 Å². The highest BCUT2D eigenvalue weighted by Gasteiger charge is 2.23. The molecule has 0 N–H and O–H groups in total. The number of ketones is 1. The summed E-state index contributed by atoms with van der Waals surface area (Å²) in [4.78, 5) is 37.4. The Bertz CT molecular complexity index is 859. The van der Waals surface area contributed by atoms with Crippen molar-refractivity contribution in [1.82, 2.24) is 4.57 Å². The van der Waals surface area contributed by atoms with Gasteiger partial charge in [0.25, 0.3) is 11.5 Å². The van der Waals surface area contributed by atoms with Crippen molar-refractivity contribution in [2.24, 2.45) is 0 Å². The number of nitrogens with zero attached hydrogens (tertiary/aromatic N) is 2. The Labute approximate surface area is 140 Å². The molecule has 3 rings (SSSR count). The van der Waals surface area contributed by atoms with Gasteiger partial charge in [-0.1, -0.05) is 0 Å². The number of anilines is 1. The summed E-state index contributed by atoms with van der Waals surface area (Å²) in [5.41, 5.74) is 0.713. The maximum Gasteiger partial charge on any atom is 0.264 e. The van der Waals surface area contributed by atoms with E-state index in [-0.39, 0.29) is 30.4 Å². The van der Waals surface area contributed by atoms with Crippen molar-refractivity contribution in [2.45, 2.75) is 6.54 Å². The number of likely N-dealkylation sites (N-methyl/N-ethyl adjacent to an activating group) is 1. The van der Waals surface area contributed by atoms with Gasteiger partial charge < -0.3 is 14.2 Å². The first-order valence-corrected chi connectivity index (χ1v) is 7.67. The second-order valence-electron chi connectivity index (χ2n) is 5.16. The van der Waals surface area contributed by atoms with E-state index < -0.39 is 0 Å². The number of halogens is 1. The molecule has 0 bridgehead atoms. The van der Waals surface area contributed by atoms with Crippen LogP contribution in [0.25, 0.3) is 0 Å². The fourth-order valence-corrected chi connectivity index (χ4v) is 2.70. The lowest BCUT2D eigenvalue weighted by atomic mass is 10.1. The minimum absolute atomic E-state index is 0.00969. The SMILES string of the molecule is CN1C(=O)COc2ccc(C(=O)Cn3cc(Br)ccc3=O)cc21. The van der Waals surface area contributed by atoms with Crippen LogP contribution in [-0.4, -0.2) is 29.9 Å². The number of pyridine rings is 1. The average Bonchev–Trinajstić information content (AvgIpc) is 2.54. The van der Waals surface area contributed by atoms with Crippen LogP contribution in [0.4, 0.5) is 5.69 Å². The Morgan fingerprint density at radius 1 is 1.26 bits per heavy atom. The second-order valence-corrected chi connectivity index (χ2v) is 6.08. The van der Waals surface area contributed by atoms with Crippen LogP contribution in [0.1, 0.15) is 10.4 Å². The first-order valence-electron chi connectivity index (χ1n) is 6.88. The van der Waals surface area contributed by atoms with Crippen LogP contribution in [0.5, 0.6) is 5.75 Å². The summed E-state index contributed by atoms with van der Waals surface area (Å²) in [6.45, 7) is -0.0835. The minimum atomic E-state index is -0.255. The first kappa shape index (κ1) is 15.5. The zero-order valence-corrected chi connectivity index (χ0v) is 13.9. The highest BCUT2D eigenvalue weighted by Crippen LogP contribution is 2.32. The van der Waals surface area contributed by atoms with E-state index in [0.29, 0.717) is 21.5 Å². The normalized spacial score (nSPS) is 13.5. The number of hydrogen-bond acceptors (Lipinski definition) is 4. The molecule has 2 heterocycles.